The van der Waals surface area contributed by atoms with Crippen LogP contribution in [0.15, 0.2) is 22.7 Å². The van der Waals surface area contributed by atoms with Crippen molar-refractivity contribution < 1.29 is 0 Å². The van der Waals surface area contributed by atoms with Crippen molar-refractivity contribution in [3.8, 4) is 6.07 Å². The summed E-state index contributed by atoms with van der Waals surface area (Å²) >= 11 is 3.50. The molecule has 102 valence electrons. The normalized spacial score (nSPS) is 17.1. The van der Waals surface area contributed by atoms with E-state index in [1.807, 2.05) is 18.2 Å². The highest BCUT2D eigenvalue weighted by Crippen LogP contribution is 2.23. The second-order valence-electron chi connectivity index (χ2n) is 5.30. The molecule has 1 aromatic carbocycles. The molecule has 1 atom stereocenters. The minimum absolute atomic E-state index is 0.626. The first kappa shape index (κ1) is 14.4. The molecule has 0 bridgehead atoms. The van der Waals surface area contributed by atoms with E-state index < -0.39 is 0 Å². The molecule has 0 amide bonds. The number of rotatable bonds is 5. The molecular weight excluding hydrogens is 302 g/mol. The number of nitrogens with one attached hydrogen (secondary N) is 1. The van der Waals surface area contributed by atoms with Gasteiger partial charge in [0.25, 0.3) is 0 Å². The minimum Gasteiger partial charge on any atom is -0.384 e. The second kappa shape index (κ2) is 6.93. The van der Waals surface area contributed by atoms with Gasteiger partial charge >= 0.3 is 0 Å². The zero-order valence-electron chi connectivity index (χ0n) is 11.3. The summed E-state index contributed by atoms with van der Waals surface area (Å²) in [5.41, 5.74) is 1.75. The van der Waals surface area contributed by atoms with Crippen molar-refractivity contribution in [1.29, 1.82) is 5.26 Å². The van der Waals surface area contributed by atoms with Gasteiger partial charge in [0.15, 0.2) is 0 Å². The van der Waals surface area contributed by atoms with Crippen LogP contribution in [0.3, 0.4) is 0 Å². The number of likely N-dealkylation sites (tertiary alicyclic amines) is 1. The fourth-order valence-corrected chi connectivity index (χ4v) is 3.00. The Labute approximate surface area is 123 Å². The lowest BCUT2D eigenvalue weighted by molar-refractivity contribution is 0.294. The summed E-state index contributed by atoms with van der Waals surface area (Å²) in [5.74, 6) is 0.626. The lowest BCUT2D eigenvalue weighted by atomic mass is 10.1. The van der Waals surface area contributed by atoms with E-state index in [1.165, 1.54) is 32.5 Å². The Morgan fingerprint density at radius 2 is 2.16 bits per heavy atom. The van der Waals surface area contributed by atoms with E-state index in [-0.39, 0.29) is 0 Å². The van der Waals surface area contributed by atoms with Gasteiger partial charge in [-0.25, -0.2) is 0 Å². The number of nitrogens with zero attached hydrogens (tertiary/aromatic N) is 2. The smallest absolute Gasteiger partial charge is 0.0992 e. The molecule has 0 spiro atoms. The monoisotopic (exact) mass is 321 g/mol. The third kappa shape index (κ3) is 4.22. The highest BCUT2D eigenvalue weighted by atomic mass is 79.9. The number of halogens is 1. The van der Waals surface area contributed by atoms with E-state index in [9.17, 15) is 0 Å². The van der Waals surface area contributed by atoms with E-state index in [2.05, 4.69) is 39.1 Å². The Kier molecular flexibility index (Phi) is 5.24. The van der Waals surface area contributed by atoms with Crippen molar-refractivity contribution in [1.82, 2.24) is 4.90 Å². The van der Waals surface area contributed by atoms with Crippen LogP contribution in [0.5, 0.6) is 0 Å². The maximum absolute atomic E-state index is 8.83. The summed E-state index contributed by atoms with van der Waals surface area (Å²) < 4.78 is 0.958. The van der Waals surface area contributed by atoms with Crippen molar-refractivity contribution in [2.75, 3.05) is 31.5 Å². The number of hydrogen-bond donors (Lipinski definition) is 1. The molecule has 1 aliphatic rings. The van der Waals surface area contributed by atoms with Gasteiger partial charge in [0.1, 0.15) is 0 Å². The van der Waals surface area contributed by atoms with E-state index in [4.69, 9.17) is 5.26 Å². The molecule has 2 rings (SSSR count). The lowest BCUT2D eigenvalue weighted by Crippen LogP contribution is -2.28. The molecule has 1 unspecified atom stereocenters. The van der Waals surface area contributed by atoms with Crippen molar-refractivity contribution in [3.63, 3.8) is 0 Å². The third-order valence-electron chi connectivity index (χ3n) is 3.51. The van der Waals surface area contributed by atoms with Gasteiger partial charge in [0, 0.05) is 23.2 Å². The van der Waals surface area contributed by atoms with Crippen molar-refractivity contribution in [2.24, 2.45) is 5.92 Å². The summed E-state index contributed by atoms with van der Waals surface area (Å²) in [4.78, 5) is 2.54. The molecule has 1 aromatic rings. The summed E-state index contributed by atoms with van der Waals surface area (Å²) in [6.07, 6.45) is 2.70. The molecule has 19 heavy (non-hydrogen) atoms. The van der Waals surface area contributed by atoms with E-state index in [0.717, 1.165) is 16.7 Å². The number of benzene rings is 1. The molecule has 3 nitrogen and oxygen atoms in total. The Hall–Kier alpha value is -1.05. The molecular formula is C15H20BrN3. The largest absolute Gasteiger partial charge is 0.384 e. The van der Waals surface area contributed by atoms with Crippen molar-refractivity contribution in [3.05, 3.63) is 28.2 Å². The maximum atomic E-state index is 8.83. The summed E-state index contributed by atoms with van der Waals surface area (Å²) in [6, 6.07) is 7.81. The predicted octanol–water partition coefficient (Wildman–Crippen LogP) is 3.46. The average Bonchev–Trinajstić information content (AvgIpc) is 2.90. The Morgan fingerprint density at radius 1 is 1.42 bits per heavy atom. The molecule has 0 aromatic heterocycles. The van der Waals surface area contributed by atoms with Gasteiger partial charge in [-0.05, 0) is 66.0 Å². The van der Waals surface area contributed by atoms with Gasteiger partial charge in [0.05, 0.1) is 11.6 Å². The van der Waals surface area contributed by atoms with Crippen molar-refractivity contribution in [2.45, 2.75) is 19.8 Å². The van der Waals surface area contributed by atoms with Crippen LogP contribution in [-0.4, -0.2) is 31.1 Å². The SMILES string of the molecule is CC(CNc1ccc(C#N)cc1Br)CN1CCCC1. The molecule has 1 aliphatic heterocycles. The second-order valence-corrected chi connectivity index (χ2v) is 6.15. The van der Waals surface area contributed by atoms with Gasteiger partial charge in [-0.1, -0.05) is 6.92 Å². The van der Waals surface area contributed by atoms with Gasteiger partial charge < -0.3 is 10.2 Å². The topological polar surface area (TPSA) is 39.1 Å². The lowest BCUT2D eigenvalue weighted by Gasteiger charge is -2.21. The van der Waals surface area contributed by atoms with Crippen molar-refractivity contribution >= 4 is 21.6 Å². The average molecular weight is 322 g/mol. The fourth-order valence-electron chi connectivity index (χ4n) is 2.48. The summed E-state index contributed by atoms with van der Waals surface area (Å²) in [6.45, 7) is 6.92. The first-order chi connectivity index (χ1) is 9.19. The summed E-state index contributed by atoms with van der Waals surface area (Å²) in [5, 5.41) is 12.3. The van der Waals surface area contributed by atoms with Gasteiger partial charge in [-0.3, -0.25) is 0 Å². The molecule has 1 N–H and O–H groups in total. The maximum Gasteiger partial charge on any atom is 0.0992 e. The van der Waals surface area contributed by atoms with Crippen LogP contribution in [-0.2, 0) is 0 Å². The number of hydrogen-bond acceptors (Lipinski definition) is 3. The predicted molar refractivity (Wildman–Crippen MR) is 82.2 cm³/mol. The number of anilines is 1. The van der Waals surface area contributed by atoms with Crippen LogP contribution in [0.2, 0.25) is 0 Å². The van der Waals surface area contributed by atoms with Gasteiger partial charge in [0.2, 0.25) is 0 Å². The molecule has 4 heteroatoms. The zero-order chi connectivity index (χ0) is 13.7. The summed E-state index contributed by atoms with van der Waals surface area (Å²) in [7, 11) is 0. The Bertz CT molecular complexity index is 461. The van der Waals surface area contributed by atoms with Crippen LogP contribution >= 0.6 is 15.9 Å². The van der Waals surface area contributed by atoms with Crippen LogP contribution in [0.25, 0.3) is 0 Å². The zero-order valence-corrected chi connectivity index (χ0v) is 12.9. The Balaban J connectivity index is 1.82. The van der Waals surface area contributed by atoms with Gasteiger partial charge in [-0.15, -0.1) is 0 Å². The highest BCUT2D eigenvalue weighted by Gasteiger charge is 2.14. The molecule has 0 saturated carbocycles. The first-order valence-electron chi connectivity index (χ1n) is 6.85. The van der Waals surface area contributed by atoms with Crippen LogP contribution < -0.4 is 5.32 Å². The van der Waals surface area contributed by atoms with Gasteiger partial charge in [-0.2, -0.15) is 5.26 Å². The molecule has 0 aliphatic carbocycles. The standard InChI is InChI=1S/C15H20BrN3/c1-12(11-19-6-2-3-7-19)10-18-15-5-4-13(9-17)8-14(15)16/h4-5,8,12,18H,2-3,6-7,10-11H2,1H3. The van der Waals surface area contributed by atoms with Crippen LogP contribution in [0, 0.1) is 17.2 Å². The van der Waals surface area contributed by atoms with E-state index in [1.54, 1.807) is 0 Å². The Morgan fingerprint density at radius 3 is 2.79 bits per heavy atom. The molecule has 1 fully saturated rings. The highest BCUT2D eigenvalue weighted by molar-refractivity contribution is 9.10. The quantitative estimate of drug-likeness (QED) is 0.902. The first-order valence-corrected chi connectivity index (χ1v) is 7.64. The molecule has 1 heterocycles. The minimum atomic E-state index is 0.626. The van der Waals surface area contributed by atoms with Crippen LogP contribution in [0.1, 0.15) is 25.3 Å². The third-order valence-corrected chi connectivity index (χ3v) is 4.16. The number of nitriles is 1. The van der Waals surface area contributed by atoms with Crippen LogP contribution in [0.4, 0.5) is 5.69 Å². The van der Waals surface area contributed by atoms with E-state index in [0.29, 0.717) is 11.5 Å². The van der Waals surface area contributed by atoms with E-state index >= 15 is 0 Å². The molecule has 0 radical (unpaired) electrons. The fraction of sp³-hybridized carbons (Fsp3) is 0.533. The molecule has 1 saturated heterocycles.